The zero-order valence-corrected chi connectivity index (χ0v) is 21.1. The minimum Gasteiger partial charge on any atom is -0.486 e. The topological polar surface area (TPSA) is 67.9 Å². The number of nitrogens with zero attached hydrogens (tertiary/aromatic N) is 1. The first-order chi connectivity index (χ1) is 17.6. The van der Waals surface area contributed by atoms with Crippen molar-refractivity contribution in [1.82, 2.24) is 10.2 Å². The van der Waals surface area contributed by atoms with Crippen LogP contribution in [0.25, 0.3) is 0 Å². The molecular weight excluding hydrogens is 472 g/mol. The third-order valence-corrected chi connectivity index (χ3v) is 8.58. The molecule has 2 aliphatic heterocycles. The van der Waals surface area contributed by atoms with E-state index in [1.807, 2.05) is 65.7 Å². The molecule has 0 bridgehead atoms. The largest absolute Gasteiger partial charge is 0.486 e. The molecule has 3 aliphatic rings. The lowest BCUT2D eigenvalue weighted by Crippen LogP contribution is -2.50. The fraction of sp³-hybridized carbons (Fsp3) is 0.379. The molecular formula is C29H30N2O4S. The van der Waals surface area contributed by atoms with E-state index in [0.717, 1.165) is 47.4 Å². The Morgan fingerprint density at radius 1 is 1.03 bits per heavy atom. The number of benzene rings is 2. The highest BCUT2D eigenvalue weighted by Crippen LogP contribution is 2.47. The summed E-state index contributed by atoms with van der Waals surface area (Å²) in [6.07, 6.45) is 4.20. The van der Waals surface area contributed by atoms with E-state index in [1.165, 1.54) is 0 Å². The molecule has 1 saturated carbocycles. The molecule has 0 saturated heterocycles. The highest BCUT2D eigenvalue weighted by atomic mass is 32.1. The van der Waals surface area contributed by atoms with E-state index in [0.29, 0.717) is 24.5 Å². The molecule has 3 atom stereocenters. The summed E-state index contributed by atoms with van der Waals surface area (Å²) in [6, 6.07) is 17.1. The molecule has 6 rings (SSSR count). The Bertz CT molecular complexity index is 1270. The fourth-order valence-corrected chi connectivity index (χ4v) is 6.76. The molecule has 3 aromatic rings. The number of rotatable bonds is 5. The van der Waals surface area contributed by atoms with Crippen LogP contribution >= 0.6 is 11.3 Å². The second kappa shape index (κ2) is 9.62. The highest BCUT2D eigenvalue weighted by molar-refractivity contribution is 7.10. The van der Waals surface area contributed by atoms with Crippen LogP contribution in [0.1, 0.15) is 77.0 Å². The molecule has 0 unspecified atom stereocenters. The van der Waals surface area contributed by atoms with Gasteiger partial charge < -0.3 is 19.7 Å². The van der Waals surface area contributed by atoms with Crippen molar-refractivity contribution in [3.8, 4) is 11.5 Å². The Labute approximate surface area is 215 Å². The summed E-state index contributed by atoms with van der Waals surface area (Å²) >= 11 is 1.62. The lowest BCUT2D eigenvalue weighted by Gasteiger charge is -2.44. The maximum atomic E-state index is 14.1. The summed E-state index contributed by atoms with van der Waals surface area (Å²) in [6.45, 7) is 3.04. The Morgan fingerprint density at radius 3 is 2.58 bits per heavy atom. The van der Waals surface area contributed by atoms with Crippen molar-refractivity contribution in [2.24, 2.45) is 0 Å². The van der Waals surface area contributed by atoms with Gasteiger partial charge in [-0.15, -0.1) is 11.3 Å². The molecule has 1 aromatic heterocycles. The number of ether oxygens (including phenoxy) is 2. The van der Waals surface area contributed by atoms with E-state index in [4.69, 9.17) is 9.47 Å². The predicted molar refractivity (Wildman–Crippen MR) is 139 cm³/mol. The summed E-state index contributed by atoms with van der Waals surface area (Å²) in [5.74, 6) is 0.918. The normalized spacial score (nSPS) is 22.2. The van der Waals surface area contributed by atoms with Crippen LogP contribution in [0.5, 0.6) is 11.5 Å². The number of carbonyl (C=O) groups is 2. The predicted octanol–water partition coefficient (Wildman–Crippen LogP) is 5.62. The third-order valence-electron chi connectivity index (χ3n) is 7.64. The number of amides is 2. The van der Waals surface area contributed by atoms with Crippen LogP contribution in [-0.4, -0.2) is 36.0 Å². The minimum absolute atomic E-state index is 0.0415. The van der Waals surface area contributed by atoms with Gasteiger partial charge in [-0.1, -0.05) is 43.2 Å². The monoisotopic (exact) mass is 502 g/mol. The minimum atomic E-state index is -0.488. The molecule has 36 heavy (non-hydrogen) atoms. The van der Waals surface area contributed by atoms with Gasteiger partial charge in [0.05, 0.1) is 18.0 Å². The maximum Gasteiger partial charge on any atom is 0.254 e. The van der Waals surface area contributed by atoms with Crippen LogP contribution in [0.3, 0.4) is 0 Å². The summed E-state index contributed by atoms with van der Waals surface area (Å²) in [5.41, 5.74) is 2.40. The number of carbonyl (C=O) groups excluding carboxylic acids is 2. The van der Waals surface area contributed by atoms with E-state index < -0.39 is 5.92 Å². The maximum absolute atomic E-state index is 14.1. The van der Waals surface area contributed by atoms with Crippen molar-refractivity contribution >= 4 is 23.2 Å². The van der Waals surface area contributed by atoms with Gasteiger partial charge in [-0.25, -0.2) is 0 Å². The molecule has 0 radical (unpaired) electrons. The zero-order chi connectivity index (χ0) is 24.6. The van der Waals surface area contributed by atoms with Crippen LogP contribution in [0.2, 0.25) is 0 Å². The summed E-state index contributed by atoms with van der Waals surface area (Å²) in [4.78, 5) is 31.0. The molecule has 7 heteroatoms. The second-order valence-corrected chi connectivity index (χ2v) is 10.8. The van der Waals surface area contributed by atoms with Crippen molar-refractivity contribution in [1.29, 1.82) is 0 Å². The summed E-state index contributed by atoms with van der Waals surface area (Å²) in [7, 11) is 0. The highest BCUT2D eigenvalue weighted by Gasteiger charge is 2.47. The molecule has 1 N–H and O–H groups in total. The number of nitrogens with one attached hydrogen (secondary N) is 1. The molecule has 6 nitrogen and oxygen atoms in total. The van der Waals surface area contributed by atoms with Gasteiger partial charge in [-0.05, 0) is 60.5 Å². The molecule has 1 fully saturated rings. The SMILES string of the molecule is C[C@H](NC(=O)[C@H]1c2ccccc2C(=O)N(C2CCCC2)[C@H]1c1cccs1)c1ccc2c(c1)OCCO2. The second-order valence-electron chi connectivity index (χ2n) is 9.81. The Kier molecular flexibility index (Phi) is 6.17. The van der Waals surface area contributed by atoms with Crippen molar-refractivity contribution in [2.75, 3.05) is 13.2 Å². The van der Waals surface area contributed by atoms with Crippen LogP contribution < -0.4 is 14.8 Å². The zero-order valence-electron chi connectivity index (χ0n) is 20.3. The van der Waals surface area contributed by atoms with Gasteiger partial charge in [0.25, 0.3) is 5.91 Å². The van der Waals surface area contributed by atoms with E-state index in [1.54, 1.807) is 11.3 Å². The lowest BCUT2D eigenvalue weighted by molar-refractivity contribution is -0.125. The standard InChI is InChI=1S/C29H30N2O4S/c1-18(19-12-13-23-24(17-19)35-15-14-34-23)30-28(32)26-21-9-4-5-10-22(21)29(33)31(20-7-2-3-8-20)27(26)25-11-6-16-36-25/h4-6,9-13,16-18,20,26-27H,2-3,7-8,14-15H2,1H3,(H,30,32)/t18-,26-,27-/m0/s1. The van der Waals surface area contributed by atoms with E-state index >= 15 is 0 Å². The van der Waals surface area contributed by atoms with Crippen LogP contribution in [0, 0.1) is 0 Å². The molecule has 0 spiro atoms. The number of fused-ring (bicyclic) bond motifs is 2. The van der Waals surface area contributed by atoms with Gasteiger partial charge in [0.1, 0.15) is 13.2 Å². The van der Waals surface area contributed by atoms with Gasteiger partial charge >= 0.3 is 0 Å². The van der Waals surface area contributed by atoms with Crippen molar-refractivity contribution in [3.05, 3.63) is 81.5 Å². The first-order valence-corrected chi connectivity index (χ1v) is 13.6. The first-order valence-electron chi connectivity index (χ1n) is 12.8. The van der Waals surface area contributed by atoms with Gasteiger partial charge in [0.2, 0.25) is 5.91 Å². The smallest absolute Gasteiger partial charge is 0.254 e. The van der Waals surface area contributed by atoms with E-state index in [-0.39, 0.29) is 29.9 Å². The Hall–Kier alpha value is -3.32. The van der Waals surface area contributed by atoms with E-state index in [9.17, 15) is 9.59 Å². The van der Waals surface area contributed by atoms with Crippen LogP contribution in [0.4, 0.5) is 0 Å². The fourth-order valence-electron chi connectivity index (χ4n) is 5.90. The summed E-state index contributed by atoms with van der Waals surface area (Å²) < 4.78 is 11.4. The van der Waals surface area contributed by atoms with Gasteiger partial charge in [-0.3, -0.25) is 9.59 Å². The average molecular weight is 503 g/mol. The van der Waals surface area contributed by atoms with Gasteiger partial charge in [0.15, 0.2) is 11.5 Å². The third kappa shape index (κ3) is 4.05. The van der Waals surface area contributed by atoms with Crippen LogP contribution in [-0.2, 0) is 4.79 Å². The Balaban J connectivity index is 1.37. The number of hydrogen-bond acceptors (Lipinski definition) is 5. The van der Waals surface area contributed by atoms with Crippen molar-refractivity contribution in [3.63, 3.8) is 0 Å². The van der Waals surface area contributed by atoms with Gasteiger partial charge in [0, 0.05) is 16.5 Å². The van der Waals surface area contributed by atoms with Crippen molar-refractivity contribution < 1.29 is 19.1 Å². The number of thiophene rings is 1. The Morgan fingerprint density at radius 2 is 1.81 bits per heavy atom. The number of hydrogen-bond donors (Lipinski definition) is 1. The molecule has 3 heterocycles. The molecule has 2 aromatic carbocycles. The summed E-state index contributed by atoms with van der Waals surface area (Å²) in [5, 5.41) is 5.29. The van der Waals surface area contributed by atoms with E-state index in [2.05, 4.69) is 11.4 Å². The first kappa shape index (κ1) is 23.1. The van der Waals surface area contributed by atoms with Crippen molar-refractivity contribution in [2.45, 2.75) is 56.7 Å². The van der Waals surface area contributed by atoms with Gasteiger partial charge in [-0.2, -0.15) is 0 Å². The lowest BCUT2D eigenvalue weighted by atomic mass is 9.80. The quantitative estimate of drug-likeness (QED) is 0.492. The molecule has 1 aliphatic carbocycles. The average Bonchev–Trinajstić information content (AvgIpc) is 3.63. The van der Waals surface area contributed by atoms with Crippen LogP contribution in [0.15, 0.2) is 60.0 Å². The molecule has 2 amide bonds. The molecule has 186 valence electrons.